The highest BCUT2D eigenvalue weighted by Gasteiger charge is 2.45. The lowest BCUT2D eigenvalue weighted by atomic mass is 9.85. The number of amides is 1. The summed E-state index contributed by atoms with van der Waals surface area (Å²) in [5.74, 6) is -0.0976. The summed E-state index contributed by atoms with van der Waals surface area (Å²) in [5.41, 5.74) is 10.1. The normalized spacial score (nSPS) is 27.8. The largest absolute Gasteiger partial charge is 0.465 e. The lowest BCUT2D eigenvalue weighted by Crippen LogP contribution is -2.57. The average Bonchev–Trinajstić information content (AvgIpc) is 4.07. The molecule has 1 amide bonds. The molecule has 402 valence electrons. The molecule has 11 N–H and O–H groups in total. The maximum absolute atomic E-state index is 13.6. The molecular formula is C52H73N5O14S2. The van der Waals surface area contributed by atoms with E-state index in [9.17, 15) is 50.4 Å². The van der Waals surface area contributed by atoms with Crippen LogP contribution in [0.3, 0.4) is 0 Å². The average molecular weight is 1060 g/mol. The highest BCUT2D eigenvalue weighted by atomic mass is 32.2. The monoisotopic (exact) mass is 1060 g/mol. The van der Waals surface area contributed by atoms with Gasteiger partial charge in [-0.05, 0) is 118 Å². The zero-order chi connectivity index (χ0) is 53.0. The van der Waals surface area contributed by atoms with Gasteiger partial charge in [-0.25, -0.2) is 9.78 Å². The number of allylic oxidation sites excluding steroid dienone is 1. The second-order valence-corrected chi connectivity index (χ2v) is 21.8. The van der Waals surface area contributed by atoms with Gasteiger partial charge < -0.3 is 75.1 Å². The molecule has 1 unspecified atom stereocenters. The molecule has 0 radical (unpaired) electrons. The number of ether oxygens (including phenoxy) is 4. The zero-order valence-electron chi connectivity index (χ0n) is 42.8. The third kappa shape index (κ3) is 12.0. The van der Waals surface area contributed by atoms with E-state index in [1.165, 1.54) is 30.6 Å². The number of H-pyrrole nitrogens is 2. The van der Waals surface area contributed by atoms with E-state index in [0.29, 0.717) is 77.7 Å². The number of nitrogens with one attached hydrogen (secondary N) is 3. The maximum Gasteiger partial charge on any atom is 0.340 e. The number of aryl methyl sites for hydroxylation is 3. The third-order valence-corrected chi connectivity index (χ3v) is 17.2. The van der Waals surface area contributed by atoms with E-state index in [2.05, 4.69) is 42.1 Å². The second-order valence-electron chi connectivity index (χ2n) is 19.4. The molecule has 4 aliphatic heterocycles. The van der Waals surface area contributed by atoms with Gasteiger partial charge in [0, 0.05) is 70.4 Å². The first kappa shape index (κ1) is 56.8. The zero-order valence-corrected chi connectivity index (χ0v) is 44.4. The summed E-state index contributed by atoms with van der Waals surface area (Å²) in [4.78, 5) is 44.9. The van der Waals surface area contributed by atoms with Crippen LogP contribution in [-0.4, -0.2) is 177 Å². The summed E-state index contributed by atoms with van der Waals surface area (Å²) in [6.07, 6.45) is -8.28. The van der Waals surface area contributed by atoms with Crippen molar-refractivity contribution in [3.8, 4) is 0 Å². The Kier molecular flexibility index (Phi) is 19.3. The van der Waals surface area contributed by atoms with E-state index < -0.39 is 78.9 Å². The molecule has 19 nitrogen and oxygen atoms in total. The van der Waals surface area contributed by atoms with Gasteiger partial charge in [-0.2, -0.15) is 0 Å². The molecule has 4 aliphatic rings. The van der Waals surface area contributed by atoms with Crippen molar-refractivity contribution in [3.63, 3.8) is 0 Å². The number of hydrogen-bond donors (Lipinski definition) is 11. The van der Waals surface area contributed by atoms with Crippen molar-refractivity contribution >= 4 is 68.6 Å². The number of methoxy groups -OCH3 is 1. The molecule has 0 spiro atoms. The summed E-state index contributed by atoms with van der Waals surface area (Å²) in [6.45, 7) is 13.8. The molecule has 7 heterocycles. The van der Waals surface area contributed by atoms with Crippen LogP contribution >= 0.6 is 23.5 Å². The Labute approximate surface area is 433 Å². The Morgan fingerprint density at radius 2 is 1.38 bits per heavy atom. The van der Waals surface area contributed by atoms with Crippen LogP contribution < -0.4 is 5.32 Å². The van der Waals surface area contributed by atoms with Gasteiger partial charge in [-0.1, -0.05) is 13.8 Å². The Bertz CT molecular complexity index is 2660. The van der Waals surface area contributed by atoms with Gasteiger partial charge in [0.05, 0.1) is 43.4 Å². The van der Waals surface area contributed by atoms with Crippen LogP contribution in [-0.2, 0) is 35.0 Å². The van der Waals surface area contributed by atoms with Crippen LogP contribution in [0.15, 0.2) is 18.2 Å². The number of nitrogens with zero attached hydrogens (tertiary/aromatic N) is 2. The van der Waals surface area contributed by atoms with Gasteiger partial charge in [0.25, 0.3) is 0 Å². The fourth-order valence-corrected chi connectivity index (χ4v) is 12.5. The summed E-state index contributed by atoms with van der Waals surface area (Å²) in [7, 11) is 1.35. The first-order chi connectivity index (χ1) is 34.8. The van der Waals surface area contributed by atoms with Crippen molar-refractivity contribution in [2.45, 2.75) is 158 Å². The number of esters is 1. The third-order valence-electron chi connectivity index (χ3n) is 14.7. The van der Waals surface area contributed by atoms with Crippen molar-refractivity contribution in [3.05, 3.63) is 68.8 Å². The highest BCUT2D eigenvalue weighted by molar-refractivity contribution is 8.00. The van der Waals surface area contributed by atoms with Crippen molar-refractivity contribution in [1.82, 2.24) is 25.3 Å². The SMILES string of the molecule is CCc1c(C)c2cc3[nH]c(cc4nc(c(C)c5nc(cc1[nH]2)C(C)=C5C(=O)OC)[C@@H](CCC(=O)NCCCS[C@@H]1O[C@H](CO)[C@@H](O)[C@H](O)[C@H]1O)[C@@H]4C)c(C)c3C(C)OCCCS[C@@H]1O[C@H](CO)[C@@H](O)[C@H](O)[C@H]1O. The standard InChI is InChI=1S/C52H73N5O14S2/c1-9-29-23(2)31-20-36-40(28(7)69-15-11-17-73-52-49(66)47(64)45(62)38(22-59)71-52)25(4)33(55-36)18-32-24(3)30(12-13-39(60)53-14-10-16-72-51-48(65)46(63)44(61)37(21-58)70-51)42(56-32)27(6)43-41(50(67)68-8)26(5)34(57-43)19-35(29)54-31/h18-20,24,28,30,37-38,44-49,51-52,54-55,58-59,61-66H,9-17,21-22H2,1-8H3,(H,53,60)/t24-,28?,30-,37+,38+,44+,45+,46-,47-,48+,49+,51-,52-/m0/s1. The van der Waals surface area contributed by atoms with Gasteiger partial charge in [0.1, 0.15) is 59.7 Å². The summed E-state index contributed by atoms with van der Waals surface area (Å²) in [5, 5.41) is 83.8. The second kappa shape index (κ2) is 24.8. The number of hydrogen-bond acceptors (Lipinski definition) is 18. The number of aromatic amines is 2. The molecule has 2 fully saturated rings. The molecule has 0 aromatic carbocycles. The number of carbonyl (C=O) groups excluding carboxylic acids is 2. The van der Waals surface area contributed by atoms with Gasteiger partial charge >= 0.3 is 5.97 Å². The van der Waals surface area contributed by atoms with Gasteiger partial charge in [-0.15, -0.1) is 23.5 Å². The van der Waals surface area contributed by atoms with E-state index in [4.69, 9.17) is 28.9 Å². The molecular weight excluding hydrogens is 983 g/mol. The molecule has 0 aliphatic carbocycles. The Balaban J connectivity index is 1.18. The first-order valence-corrected chi connectivity index (χ1v) is 27.2. The lowest BCUT2D eigenvalue weighted by molar-refractivity contribution is -0.205. The smallest absolute Gasteiger partial charge is 0.340 e. The van der Waals surface area contributed by atoms with Crippen molar-refractivity contribution in [2.24, 2.45) is 0 Å². The molecule has 73 heavy (non-hydrogen) atoms. The number of carbonyl (C=O) groups is 2. The summed E-state index contributed by atoms with van der Waals surface area (Å²) >= 11 is 2.52. The molecule has 3 aromatic heterocycles. The van der Waals surface area contributed by atoms with Crippen LogP contribution in [0.25, 0.3) is 33.2 Å². The number of aliphatic hydroxyl groups is 8. The molecule has 3 aromatic rings. The van der Waals surface area contributed by atoms with E-state index in [1.54, 1.807) is 0 Å². The summed E-state index contributed by atoms with van der Waals surface area (Å²) in [6, 6.07) is 6.11. The fourth-order valence-electron chi connectivity index (χ4n) is 10.3. The molecule has 21 heteroatoms. The Hall–Kier alpha value is -3.94. The number of thioether (sulfide) groups is 2. The molecule has 0 saturated carbocycles. The Morgan fingerprint density at radius 3 is 1.99 bits per heavy atom. The lowest BCUT2D eigenvalue weighted by Gasteiger charge is -2.39. The van der Waals surface area contributed by atoms with Crippen molar-refractivity contribution < 1.29 is 69.4 Å². The number of fused-ring (bicyclic) bond motifs is 8. The highest BCUT2D eigenvalue weighted by Crippen LogP contribution is 2.44. The minimum Gasteiger partial charge on any atom is -0.465 e. The minimum atomic E-state index is -1.45. The first-order valence-electron chi connectivity index (χ1n) is 25.1. The quantitative estimate of drug-likeness (QED) is 0.0604. The molecule has 7 rings (SSSR count). The number of aliphatic hydroxyl groups excluding tert-OH is 8. The van der Waals surface area contributed by atoms with Crippen LogP contribution in [0.2, 0.25) is 0 Å². The van der Waals surface area contributed by atoms with Crippen LogP contribution in [0.5, 0.6) is 0 Å². The van der Waals surface area contributed by atoms with E-state index >= 15 is 0 Å². The van der Waals surface area contributed by atoms with E-state index in [-0.39, 0.29) is 30.3 Å². The van der Waals surface area contributed by atoms with E-state index in [0.717, 1.165) is 56.4 Å². The maximum atomic E-state index is 13.6. The number of aromatic nitrogens is 4. The molecule has 2 saturated heterocycles. The summed E-state index contributed by atoms with van der Waals surface area (Å²) < 4.78 is 23.1. The predicted molar refractivity (Wildman–Crippen MR) is 279 cm³/mol. The molecule has 8 bridgehead atoms. The topological polar surface area (TPSA) is 302 Å². The molecule has 13 atom stereocenters. The minimum absolute atomic E-state index is 0.161. The van der Waals surface area contributed by atoms with Crippen LogP contribution in [0.1, 0.15) is 122 Å². The van der Waals surface area contributed by atoms with Crippen molar-refractivity contribution in [2.75, 3.05) is 45.0 Å². The van der Waals surface area contributed by atoms with Gasteiger partial charge in [0.15, 0.2) is 0 Å². The van der Waals surface area contributed by atoms with E-state index in [1.807, 2.05) is 39.8 Å². The van der Waals surface area contributed by atoms with Crippen molar-refractivity contribution in [1.29, 1.82) is 0 Å². The van der Waals surface area contributed by atoms with Gasteiger partial charge in [-0.3, -0.25) is 9.78 Å². The fraction of sp³-hybridized carbons (Fsp3) is 0.615. The predicted octanol–water partition coefficient (Wildman–Crippen LogP) is 3.61. The van der Waals surface area contributed by atoms with Gasteiger partial charge in [0.2, 0.25) is 5.91 Å². The Morgan fingerprint density at radius 1 is 0.781 bits per heavy atom. The van der Waals surface area contributed by atoms with Crippen LogP contribution in [0.4, 0.5) is 0 Å². The number of rotatable bonds is 19. The van der Waals surface area contributed by atoms with Crippen LogP contribution in [0, 0.1) is 20.8 Å².